The average molecular weight is 210 g/mol. The van der Waals surface area contributed by atoms with Gasteiger partial charge in [-0.15, -0.1) is 5.10 Å². The molecule has 0 radical (unpaired) electrons. The molecule has 0 fully saturated rings. The fourth-order valence-corrected chi connectivity index (χ4v) is 1.25. The quantitative estimate of drug-likeness (QED) is 0.800. The number of hydrogen-bond acceptors (Lipinski definition) is 4. The number of nitrogen functional groups attached to an aromatic ring is 1. The zero-order chi connectivity index (χ0) is 9.97. The Hall–Kier alpha value is -1.62. The predicted molar refractivity (Wildman–Crippen MR) is 52.8 cm³/mol. The Bertz CT molecular complexity index is 439. The monoisotopic (exact) mass is 209 g/mol. The maximum absolute atomic E-state index is 5.93. The van der Waals surface area contributed by atoms with E-state index in [1.54, 1.807) is 29.3 Å². The Kier molecular flexibility index (Phi) is 2.32. The van der Waals surface area contributed by atoms with E-state index >= 15 is 0 Å². The first-order valence-corrected chi connectivity index (χ1v) is 4.38. The fraction of sp³-hybridized carbons (Fsp3) is 0.125. The van der Waals surface area contributed by atoms with Gasteiger partial charge in [-0.05, 0) is 12.1 Å². The molecule has 0 saturated heterocycles. The van der Waals surface area contributed by atoms with Crippen LogP contribution in [0.5, 0.6) is 0 Å². The first-order valence-electron chi connectivity index (χ1n) is 4.00. The molecular formula is C8H8ClN5. The van der Waals surface area contributed by atoms with Gasteiger partial charge in [0.05, 0.1) is 17.3 Å². The fourth-order valence-electron chi connectivity index (χ4n) is 1.07. The molecular weight excluding hydrogens is 202 g/mol. The van der Waals surface area contributed by atoms with E-state index in [0.717, 1.165) is 5.69 Å². The molecule has 14 heavy (non-hydrogen) atoms. The van der Waals surface area contributed by atoms with E-state index in [-0.39, 0.29) is 5.95 Å². The van der Waals surface area contributed by atoms with E-state index in [2.05, 4.69) is 15.1 Å². The summed E-state index contributed by atoms with van der Waals surface area (Å²) in [4.78, 5) is 7.92. The van der Waals surface area contributed by atoms with Crippen LogP contribution in [0.15, 0.2) is 24.7 Å². The van der Waals surface area contributed by atoms with Crippen molar-refractivity contribution in [3.05, 3.63) is 35.4 Å². The third kappa shape index (κ3) is 1.82. The molecule has 2 N–H and O–H groups in total. The summed E-state index contributed by atoms with van der Waals surface area (Å²) in [6.07, 6.45) is 3.22. The Morgan fingerprint density at radius 1 is 1.43 bits per heavy atom. The third-order valence-corrected chi connectivity index (χ3v) is 2.04. The van der Waals surface area contributed by atoms with Gasteiger partial charge in [0.25, 0.3) is 0 Å². The standard InChI is InChI=1S/C8H8ClN5/c9-6-2-1-3-11-7(6)4-14-5-12-8(10)13-14/h1-3,5H,4H2,(H2,10,13). The molecule has 0 bridgehead atoms. The molecule has 72 valence electrons. The van der Waals surface area contributed by atoms with E-state index < -0.39 is 0 Å². The second-order valence-electron chi connectivity index (χ2n) is 2.73. The maximum atomic E-state index is 5.93. The Labute approximate surface area is 85.5 Å². The van der Waals surface area contributed by atoms with Crippen LogP contribution in [0, 0.1) is 0 Å². The van der Waals surface area contributed by atoms with Crippen molar-refractivity contribution in [3.63, 3.8) is 0 Å². The molecule has 0 aromatic carbocycles. The van der Waals surface area contributed by atoms with Crippen LogP contribution in [0.3, 0.4) is 0 Å². The molecule has 0 aliphatic heterocycles. The number of nitrogens with two attached hydrogens (primary N) is 1. The lowest BCUT2D eigenvalue weighted by molar-refractivity contribution is 0.673. The van der Waals surface area contributed by atoms with Gasteiger partial charge in [0.1, 0.15) is 6.33 Å². The van der Waals surface area contributed by atoms with Crippen molar-refractivity contribution in [1.29, 1.82) is 0 Å². The first kappa shape index (κ1) is 8.96. The minimum atomic E-state index is 0.247. The van der Waals surface area contributed by atoms with Crippen LogP contribution in [0.2, 0.25) is 5.02 Å². The summed E-state index contributed by atoms with van der Waals surface area (Å²) < 4.78 is 1.59. The summed E-state index contributed by atoms with van der Waals surface area (Å²) in [6, 6.07) is 3.56. The van der Waals surface area contributed by atoms with Gasteiger partial charge in [-0.1, -0.05) is 11.6 Å². The number of nitrogens with zero attached hydrogens (tertiary/aromatic N) is 4. The molecule has 0 saturated carbocycles. The van der Waals surface area contributed by atoms with Crippen LogP contribution in [0.4, 0.5) is 5.95 Å². The van der Waals surface area contributed by atoms with Crippen molar-refractivity contribution < 1.29 is 0 Å². The minimum absolute atomic E-state index is 0.247. The van der Waals surface area contributed by atoms with Crippen molar-refractivity contribution >= 4 is 17.5 Å². The van der Waals surface area contributed by atoms with E-state index in [9.17, 15) is 0 Å². The number of pyridine rings is 1. The average Bonchev–Trinajstić information content (AvgIpc) is 2.56. The number of halogens is 1. The smallest absolute Gasteiger partial charge is 0.239 e. The predicted octanol–water partition coefficient (Wildman–Crippen LogP) is 0.957. The SMILES string of the molecule is Nc1ncn(Cc2ncccc2Cl)n1. The Balaban J connectivity index is 2.23. The molecule has 0 spiro atoms. The van der Waals surface area contributed by atoms with Crippen LogP contribution in [-0.4, -0.2) is 19.7 Å². The first-order chi connectivity index (χ1) is 6.75. The van der Waals surface area contributed by atoms with Crippen molar-refractivity contribution in [2.24, 2.45) is 0 Å². The molecule has 0 atom stereocenters. The number of anilines is 1. The summed E-state index contributed by atoms with van der Waals surface area (Å²) in [6.45, 7) is 0.476. The lowest BCUT2D eigenvalue weighted by Gasteiger charge is -2.01. The zero-order valence-electron chi connectivity index (χ0n) is 7.26. The molecule has 2 rings (SSSR count). The molecule has 2 heterocycles. The summed E-state index contributed by atoms with van der Waals surface area (Å²) in [5.41, 5.74) is 6.12. The van der Waals surface area contributed by atoms with Crippen molar-refractivity contribution in [1.82, 2.24) is 19.7 Å². The summed E-state index contributed by atoms with van der Waals surface area (Å²) in [5, 5.41) is 4.54. The highest BCUT2D eigenvalue weighted by Crippen LogP contribution is 2.12. The summed E-state index contributed by atoms with van der Waals surface area (Å²) in [7, 11) is 0. The normalized spacial score (nSPS) is 10.4. The minimum Gasteiger partial charge on any atom is -0.367 e. The molecule has 2 aromatic rings. The second-order valence-corrected chi connectivity index (χ2v) is 3.14. The Morgan fingerprint density at radius 3 is 2.93 bits per heavy atom. The summed E-state index contributed by atoms with van der Waals surface area (Å²) in [5.74, 6) is 0.247. The molecule has 6 heteroatoms. The van der Waals surface area contributed by atoms with E-state index in [1.807, 2.05) is 0 Å². The van der Waals surface area contributed by atoms with Crippen molar-refractivity contribution in [2.75, 3.05) is 5.73 Å². The van der Waals surface area contributed by atoms with Gasteiger partial charge in [-0.2, -0.15) is 0 Å². The van der Waals surface area contributed by atoms with Crippen molar-refractivity contribution in [2.45, 2.75) is 6.54 Å². The van der Waals surface area contributed by atoms with Gasteiger partial charge in [-0.25, -0.2) is 9.67 Å². The third-order valence-electron chi connectivity index (χ3n) is 1.70. The molecule has 0 unspecified atom stereocenters. The van der Waals surface area contributed by atoms with Crippen LogP contribution in [0.25, 0.3) is 0 Å². The van der Waals surface area contributed by atoms with E-state index in [4.69, 9.17) is 17.3 Å². The molecule has 0 aliphatic carbocycles. The highest BCUT2D eigenvalue weighted by atomic mass is 35.5. The lowest BCUT2D eigenvalue weighted by Crippen LogP contribution is -2.03. The van der Waals surface area contributed by atoms with Gasteiger partial charge >= 0.3 is 0 Å². The molecule has 2 aromatic heterocycles. The van der Waals surface area contributed by atoms with E-state index in [0.29, 0.717) is 11.6 Å². The number of hydrogen-bond donors (Lipinski definition) is 1. The van der Waals surface area contributed by atoms with Crippen LogP contribution in [-0.2, 0) is 6.54 Å². The van der Waals surface area contributed by atoms with Crippen LogP contribution < -0.4 is 5.73 Å². The Morgan fingerprint density at radius 2 is 2.29 bits per heavy atom. The molecule has 0 amide bonds. The highest BCUT2D eigenvalue weighted by molar-refractivity contribution is 6.31. The molecule has 5 nitrogen and oxygen atoms in total. The largest absolute Gasteiger partial charge is 0.367 e. The van der Waals surface area contributed by atoms with Gasteiger partial charge in [0.2, 0.25) is 5.95 Å². The van der Waals surface area contributed by atoms with E-state index in [1.165, 1.54) is 0 Å². The number of rotatable bonds is 2. The lowest BCUT2D eigenvalue weighted by atomic mass is 10.3. The number of aromatic nitrogens is 4. The zero-order valence-corrected chi connectivity index (χ0v) is 8.02. The second kappa shape index (κ2) is 3.63. The van der Waals surface area contributed by atoms with Crippen LogP contribution in [0.1, 0.15) is 5.69 Å². The maximum Gasteiger partial charge on any atom is 0.239 e. The van der Waals surface area contributed by atoms with Gasteiger partial charge in [0, 0.05) is 6.20 Å². The van der Waals surface area contributed by atoms with Gasteiger partial charge < -0.3 is 5.73 Å². The van der Waals surface area contributed by atoms with Crippen LogP contribution >= 0.6 is 11.6 Å². The summed E-state index contributed by atoms with van der Waals surface area (Å²) >= 11 is 5.93. The van der Waals surface area contributed by atoms with Gasteiger partial charge in [-0.3, -0.25) is 4.98 Å². The molecule has 0 aliphatic rings. The van der Waals surface area contributed by atoms with Crippen molar-refractivity contribution in [3.8, 4) is 0 Å². The van der Waals surface area contributed by atoms with Gasteiger partial charge in [0.15, 0.2) is 0 Å². The topological polar surface area (TPSA) is 69.6 Å². The highest BCUT2D eigenvalue weighted by Gasteiger charge is 2.02.